The number of amides is 2. The molecule has 0 radical (unpaired) electrons. The summed E-state index contributed by atoms with van der Waals surface area (Å²) in [5, 5.41) is 24.8. The third kappa shape index (κ3) is 12.0. The second kappa shape index (κ2) is 20.6. The number of benzene rings is 5. The fraction of sp³-hybridized carbons (Fsp3) is 0.283. The average molecular weight is 788 g/mol. The highest BCUT2D eigenvalue weighted by Gasteiger charge is 2.32. The minimum atomic E-state index is -0.955. The minimum Gasteiger partial charge on any atom is -0.478 e. The standard InChI is InChI=1S/C46H49N3O7S/c47-40-11-7-8-12-41(40)49-44(52)14-4-2-1-3-13-43(51)48-28-36-9-5-6-10-39(36)32-19-21-35(22-20-32)46-55-37(30-57-38-25-23-34(24-26-38)45(53)54)27-42(56-46)33-17-15-31(29-50)16-18-33/h5-12,15-26,37,42,46,50H,1-4,13-14,27-30,47H2,(H,48,51)(H,49,52)(H,53,54). The molecule has 1 aliphatic rings. The maximum Gasteiger partial charge on any atom is 0.335 e. The molecule has 0 aliphatic carbocycles. The van der Waals surface area contributed by atoms with Crippen LogP contribution in [0.15, 0.2) is 126 Å². The van der Waals surface area contributed by atoms with Crippen LogP contribution in [0.25, 0.3) is 11.1 Å². The maximum atomic E-state index is 12.8. The maximum absolute atomic E-state index is 12.8. The molecule has 1 fully saturated rings. The molecular weight excluding hydrogens is 739 g/mol. The van der Waals surface area contributed by atoms with E-state index in [0.29, 0.717) is 42.9 Å². The van der Waals surface area contributed by atoms with Crippen molar-refractivity contribution in [2.75, 3.05) is 16.8 Å². The Labute approximate surface area is 337 Å². The van der Waals surface area contributed by atoms with Gasteiger partial charge in [-0.1, -0.05) is 97.8 Å². The number of nitrogens with one attached hydrogen (secondary N) is 2. The predicted molar refractivity (Wildman–Crippen MR) is 223 cm³/mol. The summed E-state index contributed by atoms with van der Waals surface area (Å²) in [6.07, 6.45) is 3.71. The molecule has 3 unspecified atom stereocenters. The summed E-state index contributed by atoms with van der Waals surface area (Å²) in [7, 11) is 0. The fourth-order valence-electron chi connectivity index (χ4n) is 6.71. The first-order valence-corrected chi connectivity index (χ1v) is 20.3. The third-order valence-electron chi connectivity index (χ3n) is 9.93. The van der Waals surface area contributed by atoms with Gasteiger partial charge < -0.3 is 36.1 Å². The van der Waals surface area contributed by atoms with Crippen molar-refractivity contribution >= 4 is 40.9 Å². The quantitative estimate of drug-likeness (QED) is 0.0332. The molecule has 6 rings (SSSR count). The van der Waals surface area contributed by atoms with Gasteiger partial charge in [0.25, 0.3) is 0 Å². The summed E-state index contributed by atoms with van der Waals surface area (Å²) < 4.78 is 13.1. The highest BCUT2D eigenvalue weighted by atomic mass is 32.2. The number of nitrogens with two attached hydrogens (primary N) is 1. The number of unbranched alkanes of at least 4 members (excludes halogenated alkanes) is 3. The number of thioether (sulfide) groups is 1. The number of nitrogen functional groups attached to an aromatic ring is 1. The highest BCUT2D eigenvalue weighted by Crippen LogP contribution is 2.40. The van der Waals surface area contributed by atoms with Gasteiger partial charge in [0.15, 0.2) is 6.29 Å². The summed E-state index contributed by atoms with van der Waals surface area (Å²) in [4.78, 5) is 37.3. The molecule has 3 atom stereocenters. The molecule has 2 amide bonds. The molecule has 1 saturated heterocycles. The van der Waals surface area contributed by atoms with Gasteiger partial charge in [-0.2, -0.15) is 0 Å². The van der Waals surface area contributed by atoms with Crippen molar-refractivity contribution in [1.29, 1.82) is 0 Å². The Morgan fingerprint density at radius 3 is 2.11 bits per heavy atom. The van der Waals surface area contributed by atoms with Crippen molar-refractivity contribution in [3.05, 3.63) is 149 Å². The lowest BCUT2D eigenvalue weighted by atomic mass is 9.97. The molecule has 0 aromatic heterocycles. The number of carboxylic acids is 1. The Morgan fingerprint density at radius 1 is 0.737 bits per heavy atom. The molecule has 11 heteroatoms. The Morgan fingerprint density at radius 2 is 1.40 bits per heavy atom. The number of aliphatic hydroxyl groups excluding tert-OH is 1. The normalized spacial score (nSPS) is 16.5. The van der Waals surface area contributed by atoms with Crippen LogP contribution < -0.4 is 16.4 Å². The number of aliphatic hydroxyl groups is 1. The summed E-state index contributed by atoms with van der Waals surface area (Å²) in [6.45, 7) is 0.375. The van der Waals surface area contributed by atoms with E-state index in [1.165, 1.54) is 0 Å². The van der Waals surface area contributed by atoms with E-state index >= 15 is 0 Å². The molecule has 6 N–H and O–H groups in total. The van der Waals surface area contributed by atoms with Gasteiger partial charge in [0.2, 0.25) is 11.8 Å². The molecule has 296 valence electrons. The number of carbonyl (C=O) groups excluding carboxylic acids is 2. The highest BCUT2D eigenvalue weighted by molar-refractivity contribution is 7.99. The van der Waals surface area contributed by atoms with Gasteiger partial charge in [-0.05, 0) is 77.1 Å². The van der Waals surface area contributed by atoms with E-state index in [9.17, 15) is 24.6 Å². The molecule has 1 heterocycles. The number of hydrogen-bond donors (Lipinski definition) is 5. The SMILES string of the molecule is Nc1ccccc1NC(=O)CCCCCCC(=O)NCc1ccccc1-c1ccc(C2OC(CSc3ccc(C(=O)O)cc3)CC(c3ccc(CO)cc3)O2)cc1. The van der Waals surface area contributed by atoms with Gasteiger partial charge in [0.1, 0.15) is 0 Å². The Hall–Kier alpha value is -5.46. The zero-order chi connectivity index (χ0) is 40.0. The predicted octanol–water partition coefficient (Wildman–Crippen LogP) is 9.06. The Bertz CT molecular complexity index is 2090. The number of hydrogen-bond acceptors (Lipinski definition) is 8. The summed E-state index contributed by atoms with van der Waals surface area (Å²) in [5.41, 5.74) is 13.1. The van der Waals surface area contributed by atoms with Crippen molar-refractivity contribution in [2.45, 2.75) is 81.5 Å². The van der Waals surface area contributed by atoms with Crippen LogP contribution in [0.4, 0.5) is 11.4 Å². The van der Waals surface area contributed by atoms with Crippen LogP contribution in [-0.4, -0.2) is 39.9 Å². The van der Waals surface area contributed by atoms with Crippen LogP contribution in [0.3, 0.4) is 0 Å². The average Bonchev–Trinajstić information content (AvgIpc) is 3.24. The zero-order valence-corrected chi connectivity index (χ0v) is 32.6. The molecule has 5 aromatic rings. The van der Waals surface area contributed by atoms with E-state index in [0.717, 1.165) is 64.0 Å². The molecule has 57 heavy (non-hydrogen) atoms. The monoisotopic (exact) mass is 787 g/mol. The number of carboxylic acid groups (broad SMARTS) is 1. The lowest BCUT2D eigenvalue weighted by Gasteiger charge is -2.36. The largest absolute Gasteiger partial charge is 0.478 e. The van der Waals surface area contributed by atoms with Crippen molar-refractivity contribution in [3.63, 3.8) is 0 Å². The van der Waals surface area contributed by atoms with E-state index < -0.39 is 12.3 Å². The molecule has 0 bridgehead atoms. The first-order chi connectivity index (χ1) is 27.7. The third-order valence-corrected chi connectivity index (χ3v) is 11.1. The van der Waals surface area contributed by atoms with E-state index in [2.05, 4.69) is 16.7 Å². The second-order valence-electron chi connectivity index (χ2n) is 14.1. The molecule has 5 aromatic carbocycles. The van der Waals surface area contributed by atoms with Crippen LogP contribution in [-0.2, 0) is 32.2 Å². The molecule has 0 saturated carbocycles. The van der Waals surface area contributed by atoms with Crippen molar-refractivity contribution < 1.29 is 34.1 Å². The van der Waals surface area contributed by atoms with Gasteiger partial charge in [0, 0.05) is 42.0 Å². The Balaban J connectivity index is 1.01. The molecule has 0 spiro atoms. The van der Waals surface area contributed by atoms with Crippen LogP contribution in [0.1, 0.15) is 90.0 Å². The van der Waals surface area contributed by atoms with E-state index in [1.807, 2.05) is 91.0 Å². The zero-order valence-electron chi connectivity index (χ0n) is 31.8. The summed E-state index contributed by atoms with van der Waals surface area (Å²) >= 11 is 1.61. The first-order valence-electron chi connectivity index (χ1n) is 19.3. The number of ether oxygens (including phenoxy) is 2. The number of anilines is 2. The van der Waals surface area contributed by atoms with Gasteiger partial charge in [-0.15, -0.1) is 11.8 Å². The number of para-hydroxylation sites is 2. The van der Waals surface area contributed by atoms with Crippen molar-refractivity contribution in [3.8, 4) is 11.1 Å². The van der Waals surface area contributed by atoms with Crippen LogP contribution in [0.5, 0.6) is 0 Å². The molecular formula is C46H49N3O7S. The van der Waals surface area contributed by atoms with Gasteiger partial charge in [-0.25, -0.2) is 4.79 Å². The fourth-order valence-corrected chi connectivity index (χ4v) is 7.63. The minimum absolute atomic E-state index is 0.00501. The topological polar surface area (TPSA) is 160 Å². The van der Waals surface area contributed by atoms with Gasteiger partial charge >= 0.3 is 5.97 Å². The summed E-state index contributed by atoms with van der Waals surface area (Å²) in [5.74, 6) is -0.370. The van der Waals surface area contributed by atoms with Crippen LogP contribution >= 0.6 is 11.8 Å². The van der Waals surface area contributed by atoms with Gasteiger partial charge in [-0.3, -0.25) is 9.59 Å². The van der Waals surface area contributed by atoms with Crippen LogP contribution in [0.2, 0.25) is 0 Å². The van der Waals surface area contributed by atoms with Crippen molar-refractivity contribution in [1.82, 2.24) is 5.32 Å². The first kappa shape index (κ1) is 41.2. The molecule has 10 nitrogen and oxygen atoms in total. The number of rotatable bonds is 18. The lowest BCUT2D eigenvalue weighted by Crippen LogP contribution is -2.31. The number of aromatic carboxylic acids is 1. The van der Waals surface area contributed by atoms with E-state index in [4.69, 9.17) is 15.2 Å². The smallest absolute Gasteiger partial charge is 0.335 e. The number of carbonyl (C=O) groups is 3. The van der Waals surface area contributed by atoms with Crippen LogP contribution in [0, 0.1) is 0 Å². The van der Waals surface area contributed by atoms with E-state index in [1.54, 1.807) is 36.0 Å². The lowest BCUT2D eigenvalue weighted by molar-refractivity contribution is -0.245. The second-order valence-corrected chi connectivity index (χ2v) is 15.2. The Kier molecular flexibility index (Phi) is 14.9. The van der Waals surface area contributed by atoms with E-state index in [-0.39, 0.29) is 36.2 Å². The summed E-state index contributed by atoms with van der Waals surface area (Å²) in [6, 6.07) is 38.0. The molecule has 1 aliphatic heterocycles. The van der Waals surface area contributed by atoms with Crippen molar-refractivity contribution in [2.24, 2.45) is 0 Å². The van der Waals surface area contributed by atoms with Gasteiger partial charge in [0.05, 0.1) is 35.8 Å².